The molecule has 0 saturated heterocycles. The molecule has 2 aromatic rings. The van der Waals surface area contributed by atoms with Crippen LogP contribution in [0, 0.1) is 0 Å². The first kappa shape index (κ1) is 11.1. The van der Waals surface area contributed by atoms with Crippen LogP contribution >= 0.6 is 11.8 Å². The summed E-state index contributed by atoms with van der Waals surface area (Å²) in [4.78, 5) is 4.55. The number of nitrogens with two attached hydrogens (primary N) is 2. The Labute approximate surface area is 99.2 Å². The minimum absolute atomic E-state index is 0.632. The molecule has 0 fully saturated rings. The molecule has 0 aliphatic rings. The van der Waals surface area contributed by atoms with Gasteiger partial charge in [0.1, 0.15) is 0 Å². The predicted octanol–water partition coefficient (Wildman–Crippen LogP) is 2.30. The number of aromatic nitrogens is 1. The highest BCUT2D eigenvalue weighted by molar-refractivity contribution is 7.98. The van der Waals surface area contributed by atoms with Crippen molar-refractivity contribution in [1.29, 1.82) is 0 Å². The van der Waals surface area contributed by atoms with Crippen LogP contribution in [0.2, 0.25) is 0 Å². The van der Waals surface area contributed by atoms with E-state index in [1.807, 2.05) is 24.3 Å². The summed E-state index contributed by atoms with van der Waals surface area (Å²) in [7, 11) is 0. The van der Waals surface area contributed by atoms with Gasteiger partial charge in [-0.15, -0.1) is 0 Å². The number of rotatable bonds is 3. The first-order valence-corrected chi connectivity index (χ1v) is 6.55. The zero-order chi connectivity index (χ0) is 11.5. The van der Waals surface area contributed by atoms with Crippen molar-refractivity contribution in [3.63, 3.8) is 0 Å². The van der Waals surface area contributed by atoms with Gasteiger partial charge in [0.25, 0.3) is 0 Å². The van der Waals surface area contributed by atoms with E-state index in [1.165, 1.54) is 0 Å². The molecule has 0 aliphatic heterocycles. The second-order valence-corrected chi connectivity index (χ2v) is 4.63. The van der Waals surface area contributed by atoms with E-state index in [4.69, 9.17) is 11.5 Å². The summed E-state index contributed by atoms with van der Waals surface area (Å²) in [5.74, 6) is 1.01. The minimum atomic E-state index is 0.632. The molecule has 3 nitrogen and oxygen atoms in total. The van der Waals surface area contributed by atoms with Crippen LogP contribution in [0.1, 0.15) is 5.69 Å². The third-order valence-electron chi connectivity index (χ3n) is 2.59. The molecular formula is C12H15N3S. The summed E-state index contributed by atoms with van der Waals surface area (Å²) >= 11 is 1.78. The number of anilines is 2. The molecule has 1 aromatic heterocycles. The Morgan fingerprint density at radius 2 is 1.94 bits per heavy atom. The zero-order valence-electron chi connectivity index (χ0n) is 9.23. The molecule has 84 valence electrons. The van der Waals surface area contributed by atoms with E-state index in [9.17, 15) is 0 Å². The highest BCUT2D eigenvalue weighted by Crippen LogP contribution is 2.28. The van der Waals surface area contributed by atoms with Crippen LogP contribution in [-0.2, 0) is 6.42 Å². The summed E-state index contributed by atoms with van der Waals surface area (Å²) in [6, 6.07) is 7.82. The van der Waals surface area contributed by atoms with Gasteiger partial charge >= 0.3 is 0 Å². The van der Waals surface area contributed by atoms with Gasteiger partial charge < -0.3 is 11.5 Å². The van der Waals surface area contributed by atoms with Crippen molar-refractivity contribution >= 4 is 34.0 Å². The Balaban J connectivity index is 2.55. The number of para-hydroxylation sites is 1. The van der Waals surface area contributed by atoms with Gasteiger partial charge in [-0.25, -0.2) is 0 Å². The quantitative estimate of drug-likeness (QED) is 0.853. The van der Waals surface area contributed by atoms with Crippen molar-refractivity contribution in [2.75, 3.05) is 23.5 Å². The number of hydrogen-bond acceptors (Lipinski definition) is 4. The monoisotopic (exact) mass is 233 g/mol. The second-order valence-electron chi connectivity index (χ2n) is 3.65. The fraction of sp³-hybridized carbons (Fsp3) is 0.250. The van der Waals surface area contributed by atoms with Gasteiger partial charge in [-0.2, -0.15) is 11.8 Å². The number of benzene rings is 1. The van der Waals surface area contributed by atoms with E-state index in [1.54, 1.807) is 11.8 Å². The number of nitrogens with zero attached hydrogens (tertiary/aromatic N) is 1. The van der Waals surface area contributed by atoms with Crippen LogP contribution in [0.25, 0.3) is 10.9 Å². The average molecular weight is 233 g/mol. The highest BCUT2D eigenvalue weighted by atomic mass is 32.2. The normalized spacial score (nSPS) is 10.8. The summed E-state index contributed by atoms with van der Waals surface area (Å²) in [5, 5.41) is 0.938. The Morgan fingerprint density at radius 1 is 1.19 bits per heavy atom. The SMILES string of the molecule is CSCCc1nc2ccccc2c(N)c1N. The molecule has 0 atom stereocenters. The van der Waals surface area contributed by atoms with Crippen molar-refractivity contribution in [2.24, 2.45) is 0 Å². The maximum absolute atomic E-state index is 6.02. The van der Waals surface area contributed by atoms with Gasteiger partial charge in [0, 0.05) is 11.8 Å². The Kier molecular flexibility index (Phi) is 3.19. The zero-order valence-corrected chi connectivity index (χ0v) is 10.1. The van der Waals surface area contributed by atoms with Crippen LogP contribution in [0.4, 0.5) is 11.4 Å². The summed E-state index contributed by atoms with van der Waals surface area (Å²) < 4.78 is 0. The predicted molar refractivity (Wildman–Crippen MR) is 72.7 cm³/mol. The topological polar surface area (TPSA) is 64.9 Å². The number of fused-ring (bicyclic) bond motifs is 1. The van der Waals surface area contributed by atoms with Crippen molar-refractivity contribution in [3.8, 4) is 0 Å². The van der Waals surface area contributed by atoms with Gasteiger partial charge in [-0.05, 0) is 18.1 Å². The van der Waals surface area contributed by atoms with E-state index in [0.29, 0.717) is 11.4 Å². The molecule has 0 spiro atoms. The molecule has 0 amide bonds. The van der Waals surface area contributed by atoms with Crippen molar-refractivity contribution in [1.82, 2.24) is 4.98 Å². The number of aryl methyl sites for hydroxylation is 1. The molecule has 4 heteroatoms. The molecule has 0 bridgehead atoms. The van der Waals surface area contributed by atoms with Crippen LogP contribution in [0.15, 0.2) is 24.3 Å². The largest absolute Gasteiger partial charge is 0.396 e. The first-order valence-electron chi connectivity index (χ1n) is 5.15. The van der Waals surface area contributed by atoms with Gasteiger partial charge in [0.15, 0.2) is 0 Å². The molecule has 16 heavy (non-hydrogen) atoms. The van der Waals surface area contributed by atoms with Crippen LogP contribution in [0.3, 0.4) is 0 Å². The smallest absolute Gasteiger partial charge is 0.0773 e. The summed E-state index contributed by atoms with van der Waals surface area (Å²) in [5.41, 5.74) is 15.1. The fourth-order valence-electron chi connectivity index (χ4n) is 1.69. The van der Waals surface area contributed by atoms with E-state index in [-0.39, 0.29) is 0 Å². The second kappa shape index (κ2) is 4.61. The molecule has 4 N–H and O–H groups in total. The maximum Gasteiger partial charge on any atom is 0.0773 e. The lowest BCUT2D eigenvalue weighted by Gasteiger charge is -2.10. The fourth-order valence-corrected chi connectivity index (χ4v) is 2.09. The van der Waals surface area contributed by atoms with E-state index >= 15 is 0 Å². The standard InChI is InChI=1S/C12H15N3S/c1-16-7-6-10-12(14)11(13)8-4-2-3-5-9(8)15-10/h2-5H,6-7,14H2,1H3,(H2,13,15). The van der Waals surface area contributed by atoms with Gasteiger partial charge in [0.2, 0.25) is 0 Å². The molecule has 0 radical (unpaired) electrons. The third-order valence-corrected chi connectivity index (χ3v) is 3.21. The number of pyridine rings is 1. The van der Waals surface area contributed by atoms with Crippen LogP contribution in [-0.4, -0.2) is 17.0 Å². The molecule has 0 unspecified atom stereocenters. The lowest BCUT2D eigenvalue weighted by atomic mass is 10.1. The first-order chi connectivity index (χ1) is 7.74. The van der Waals surface area contributed by atoms with Crippen molar-refractivity contribution in [2.45, 2.75) is 6.42 Å². The van der Waals surface area contributed by atoms with E-state index in [2.05, 4.69) is 11.2 Å². The lowest BCUT2D eigenvalue weighted by Crippen LogP contribution is -2.05. The molecule has 1 heterocycles. The summed E-state index contributed by atoms with van der Waals surface area (Å²) in [6.07, 6.45) is 2.93. The molecule has 0 saturated carbocycles. The summed E-state index contributed by atoms with van der Waals surface area (Å²) in [6.45, 7) is 0. The van der Waals surface area contributed by atoms with Crippen molar-refractivity contribution < 1.29 is 0 Å². The van der Waals surface area contributed by atoms with Gasteiger partial charge in [-0.1, -0.05) is 18.2 Å². The van der Waals surface area contributed by atoms with Crippen LogP contribution < -0.4 is 11.5 Å². The number of nitrogen functional groups attached to an aromatic ring is 2. The van der Waals surface area contributed by atoms with Crippen LogP contribution in [0.5, 0.6) is 0 Å². The van der Waals surface area contributed by atoms with Gasteiger partial charge in [0.05, 0.1) is 22.6 Å². The number of thioether (sulfide) groups is 1. The third kappa shape index (κ3) is 1.93. The lowest BCUT2D eigenvalue weighted by molar-refractivity contribution is 1.08. The Morgan fingerprint density at radius 3 is 2.69 bits per heavy atom. The van der Waals surface area contributed by atoms with E-state index < -0.39 is 0 Å². The minimum Gasteiger partial charge on any atom is -0.396 e. The van der Waals surface area contributed by atoms with Crippen molar-refractivity contribution in [3.05, 3.63) is 30.0 Å². The highest BCUT2D eigenvalue weighted by Gasteiger charge is 2.09. The number of hydrogen-bond donors (Lipinski definition) is 2. The molecule has 2 rings (SSSR count). The molecule has 0 aliphatic carbocycles. The Bertz CT molecular complexity index is 511. The average Bonchev–Trinajstić information content (AvgIpc) is 2.32. The molecule has 1 aromatic carbocycles. The molecular weight excluding hydrogens is 218 g/mol. The van der Waals surface area contributed by atoms with Gasteiger partial charge in [-0.3, -0.25) is 4.98 Å². The van der Waals surface area contributed by atoms with E-state index in [0.717, 1.165) is 28.8 Å². The maximum atomic E-state index is 6.02. The Hall–Kier alpha value is -1.42.